The molecular formula is C27H25ClFN3O2. The van der Waals surface area contributed by atoms with E-state index in [1.165, 1.54) is 22.6 Å². The van der Waals surface area contributed by atoms with Crippen molar-refractivity contribution >= 4 is 34.8 Å². The van der Waals surface area contributed by atoms with Gasteiger partial charge in [0, 0.05) is 36.9 Å². The Morgan fingerprint density at radius 3 is 1.94 bits per heavy atom. The van der Waals surface area contributed by atoms with Gasteiger partial charge in [-0.2, -0.15) is 0 Å². The predicted molar refractivity (Wildman–Crippen MR) is 132 cm³/mol. The summed E-state index contributed by atoms with van der Waals surface area (Å²) in [6.45, 7) is 3.01. The number of hydrogen-bond acceptors (Lipinski definition) is 4. The molecule has 2 amide bonds. The molecule has 0 radical (unpaired) electrons. The van der Waals surface area contributed by atoms with Crippen LogP contribution in [-0.4, -0.2) is 48.9 Å². The van der Waals surface area contributed by atoms with Crippen molar-refractivity contribution in [3.63, 3.8) is 0 Å². The molecule has 5 nitrogen and oxygen atoms in total. The molecule has 0 spiro atoms. The molecule has 174 valence electrons. The summed E-state index contributed by atoms with van der Waals surface area (Å²) >= 11 is 5.94. The van der Waals surface area contributed by atoms with E-state index in [4.69, 9.17) is 11.6 Å². The standard InChI is InChI=1S/C27H25ClFN3O2/c28-21-5-11-24(12-6-21)32-26(33)18-25(27(32)34)31-15-13-30(14-16-31)23-9-3-20(4-10-23)17-19-1-7-22(29)8-2-19/h1-12,25H,13-18H2/t25-/m1/s1. The smallest absolute Gasteiger partial charge is 0.251 e. The molecule has 7 heteroatoms. The molecule has 0 saturated carbocycles. The van der Waals surface area contributed by atoms with Crippen LogP contribution in [0.25, 0.3) is 0 Å². The first kappa shape index (κ1) is 22.6. The molecule has 2 fully saturated rings. The van der Waals surface area contributed by atoms with Gasteiger partial charge in [-0.1, -0.05) is 35.9 Å². The Morgan fingerprint density at radius 2 is 1.32 bits per heavy atom. The van der Waals surface area contributed by atoms with Crippen LogP contribution in [0.15, 0.2) is 72.8 Å². The van der Waals surface area contributed by atoms with Gasteiger partial charge in [0.15, 0.2) is 0 Å². The molecule has 0 aliphatic carbocycles. The Kier molecular flexibility index (Phi) is 6.35. The van der Waals surface area contributed by atoms with E-state index in [1.54, 1.807) is 24.3 Å². The highest BCUT2D eigenvalue weighted by atomic mass is 35.5. The Morgan fingerprint density at radius 1 is 0.765 bits per heavy atom. The first-order chi connectivity index (χ1) is 16.5. The summed E-state index contributed by atoms with van der Waals surface area (Å²) in [5.41, 5.74) is 3.96. The van der Waals surface area contributed by atoms with Gasteiger partial charge in [0.1, 0.15) is 5.82 Å². The highest BCUT2D eigenvalue weighted by Crippen LogP contribution is 2.28. The summed E-state index contributed by atoms with van der Waals surface area (Å²) in [5, 5.41) is 0.569. The summed E-state index contributed by atoms with van der Waals surface area (Å²) < 4.78 is 13.1. The molecule has 1 atom stereocenters. The highest BCUT2D eigenvalue weighted by molar-refractivity contribution is 6.30. The molecule has 0 unspecified atom stereocenters. The average Bonchev–Trinajstić information content (AvgIpc) is 3.15. The van der Waals surface area contributed by atoms with Crippen LogP contribution >= 0.6 is 11.6 Å². The number of amides is 2. The van der Waals surface area contributed by atoms with Crippen LogP contribution in [0.5, 0.6) is 0 Å². The van der Waals surface area contributed by atoms with Gasteiger partial charge < -0.3 is 4.90 Å². The van der Waals surface area contributed by atoms with E-state index in [2.05, 4.69) is 34.1 Å². The third-order valence-corrected chi connectivity index (χ3v) is 6.84. The molecule has 34 heavy (non-hydrogen) atoms. The third kappa shape index (κ3) is 4.69. The number of rotatable bonds is 5. The zero-order valence-electron chi connectivity index (χ0n) is 18.7. The number of halogens is 2. The molecule has 3 aromatic carbocycles. The van der Waals surface area contributed by atoms with Gasteiger partial charge in [-0.25, -0.2) is 9.29 Å². The van der Waals surface area contributed by atoms with Crippen LogP contribution in [0.3, 0.4) is 0 Å². The minimum atomic E-state index is -0.414. The Hall–Kier alpha value is -3.22. The summed E-state index contributed by atoms with van der Waals surface area (Å²) in [6, 6.07) is 21.4. The van der Waals surface area contributed by atoms with Crippen molar-refractivity contribution in [1.29, 1.82) is 0 Å². The van der Waals surface area contributed by atoms with E-state index in [-0.39, 0.29) is 24.1 Å². The van der Waals surface area contributed by atoms with E-state index in [0.717, 1.165) is 43.9 Å². The SMILES string of the molecule is O=C1C[C@@H](N2CCN(c3ccc(Cc4ccc(F)cc4)cc3)CC2)C(=O)N1c1ccc(Cl)cc1. The molecule has 5 rings (SSSR count). The van der Waals surface area contributed by atoms with Gasteiger partial charge in [-0.15, -0.1) is 0 Å². The molecule has 0 aromatic heterocycles. The van der Waals surface area contributed by atoms with Gasteiger partial charge in [0.25, 0.3) is 5.91 Å². The van der Waals surface area contributed by atoms with E-state index in [0.29, 0.717) is 10.7 Å². The van der Waals surface area contributed by atoms with E-state index >= 15 is 0 Å². The largest absolute Gasteiger partial charge is 0.369 e. The lowest BCUT2D eigenvalue weighted by Gasteiger charge is -2.38. The van der Waals surface area contributed by atoms with Gasteiger partial charge in [0.2, 0.25) is 5.91 Å². The third-order valence-electron chi connectivity index (χ3n) is 6.59. The number of carbonyl (C=O) groups is 2. The fourth-order valence-electron chi connectivity index (χ4n) is 4.72. The second-order valence-electron chi connectivity index (χ2n) is 8.76. The van der Waals surface area contributed by atoms with Crippen molar-refractivity contribution in [1.82, 2.24) is 4.90 Å². The lowest BCUT2D eigenvalue weighted by molar-refractivity contribution is -0.123. The Balaban J connectivity index is 1.18. The number of benzene rings is 3. The van der Waals surface area contributed by atoms with Crippen LogP contribution in [0, 0.1) is 5.82 Å². The van der Waals surface area contributed by atoms with E-state index in [1.807, 2.05) is 12.1 Å². The number of carbonyl (C=O) groups excluding carboxylic acids is 2. The number of nitrogens with zero attached hydrogens (tertiary/aromatic N) is 3. The monoisotopic (exact) mass is 477 g/mol. The number of piperazine rings is 1. The van der Waals surface area contributed by atoms with Gasteiger partial charge >= 0.3 is 0 Å². The number of hydrogen-bond donors (Lipinski definition) is 0. The predicted octanol–water partition coefficient (Wildman–Crippen LogP) is 4.52. The molecule has 2 aliphatic rings. The van der Waals surface area contributed by atoms with Crippen LogP contribution in [0.4, 0.5) is 15.8 Å². The summed E-state index contributed by atoms with van der Waals surface area (Å²) in [5.74, 6) is -0.554. The highest BCUT2D eigenvalue weighted by Gasteiger charge is 2.43. The van der Waals surface area contributed by atoms with Crippen molar-refractivity contribution in [3.8, 4) is 0 Å². The minimum absolute atomic E-state index is 0.161. The van der Waals surface area contributed by atoms with Gasteiger partial charge in [-0.05, 0) is 66.1 Å². The first-order valence-electron chi connectivity index (χ1n) is 11.4. The van der Waals surface area contributed by atoms with Crippen molar-refractivity contribution in [3.05, 3.63) is 94.8 Å². The molecule has 0 N–H and O–H groups in total. The maximum Gasteiger partial charge on any atom is 0.251 e. The first-order valence-corrected chi connectivity index (χ1v) is 11.8. The van der Waals surface area contributed by atoms with Crippen molar-refractivity contribution in [2.24, 2.45) is 0 Å². The van der Waals surface area contributed by atoms with Gasteiger partial charge in [-0.3, -0.25) is 14.5 Å². The maximum atomic E-state index is 13.1. The van der Waals surface area contributed by atoms with Crippen molar-refractivity contribution in [2.45, 2.75) is 18.9 Å². The fraction of sp³-hybridized carbons (Fsp3) is 0.259. The van der Waals surface area contributed by atoms with Crippen LogP contribution in [-0.2, 0) is 16.0 Å². The molecule has 2 saturated heterocycles. The van der Waals surface area contributed by atoms with E-state index in [9.17, 15) is 14.0 Å². The van der Waals surface area contributed by atoms with Crippen molar-refractivity contribution in [2.75, 3.05) is 36.0 Å². The maximum absolute atomic E-state index is 13.1. The summed E-state index contributed by atoms with van der Waals surface area (Å²) in [7, 11) is 0. The molecular weight excluding hydrogens is 453 g/mol. The van der Waals surface area contributed by atoms with Crippen LogP contribution in [0.1, 0.15) is 17.5 Å². The lowest BCUT2D eigenvalue weighted by Crippen LogP contribution is -2.52. The van der Waals surface area contributed by atoms with Crippen LogP contribution in [0.2, 0.25) is 5.02 Å². The Labute approximate surface area is 203 Å². The minimum Gasteiger partial charge on any atom is -0.369 e. The second kappa shape index (κ2) is 9.57. The number of anilines is 2. The molecule has 2 heterocycles. The zero-order valence-corrected chi connectivity index (χ0v) is 19.4. The molecule has 3 aromatic rings. The lowest BCUT2D eigenvalue weighted by atomic mass is 10.0. The number of imide groups is 1. The van der Waals surface area contributed by atoms with Crippen molar-refractivity contribution < 1.29 is 14.0 Å². The topological polar surface area (TPSA) is 43.9 Å². The molecule has 0 bridgehead atoms. The average molecular weight is 478 g/mol. The van der Waals surface area contributed by atoms with E-state index < -0.39 is 6.04 Å². The normalized spacial score (nSPS) is 19.2. The Bertz CT molecular complexity index is 1170. The summed E-state index contributed by atoms with van der Waals surface area (Å²) in [4.78, 5) is 31.4. The molecule has 2 aliphatic heterocycles. The van der Waals surface area contributed by atoms with Crippen LogP contribution < -0.4 is 9.80 Å². The zero-order chi connectivity index (χ0) is 23.7. The second-order valence-corrected chi connectivity index (χ2v) is 9.19. The summed E-state index contributed by atoms with van der Waals surface area (Å²) in [6.07, 6.45) is 0.968. The quantitative estimate of drug-likeness (QED) is 0.507. The fourth-order valence-corrected chi connectivity index (χ4v) is 4.84. The van der Waals surface area contributed by atoms with Gasteiger partial charge in [0.05, 0.1) is 18.2 Å².